The summed E-state index contributed by atoms with van der Waals surface area (Å²) in [5.41, 5.74) is -2.81. The molecule has 23 heteroatoms. The summed E-state index contributed by atoms with van der Waals surface area (Å²) in [6, 6.07) is 0. The zero-order valence-electron chi connectivity index (χ0n) is 45.0. The van der Waals surface area contributed by atoms with Crippen LogP contribution in [-0.2, 0) is 38.0 Å². The molecular weight excluding hydrogens is 1020 g/mol. The summed E-state index contributed by atoms with van der Waals surface area (Å²) in [5.74, 6) is -2.12. The first-order valence-electron chi connectivity index (χ1n) is 27.8. The zero-order valence-corrected chi connectivity index (χ0v) is 45.0. The van der Waals surface area contributed by atoms with Gasteiger partial charge >= 0.3 is 5.97 Å². The molecule has 0 bridgehead atoms. The molecule has 0 radical (unpaired) electrons. The molecule has 3 saturated heterocycles. The summed E-state index contributed by atoms with van der Waals surface area (Å²) in [5, 5.41) is 162. The third kappa shape index (κ3) is 9.80. The summed E-state index contributed by atoms with van der Waals surface area (Å²) >= 11 is 0. The maximum absolute atomic E-state index is 15.5. The molecule has 3 heterocycles. The van der Waals surface area contributed by atoms with Gasteiger partial charge in [0.2, 0.25) is 6.29 Å². The normalized spacial score (nSPS) is 54.7. The van der Waals surface area contributed by atoms with Gasteiger partial charge in [0.1, 0.15) is 73.2 Å². The van der Waals surface area contributed by atoms with Crippen molar-refractivity contribution in [1.82, 2.24) is 0 Å². The van der Waals surface area contributed by atoms with Gasteiger partial charge < -0.3 is 110 Å². The van der Waals surface area contributed by atoms with Crippen molar-refractivity contribution in [2.45, 2.75) is 228 Å². The minimum absolute atomic E-state index is 0.0394. The van der Waals surface area contributed by atoms with E-state index in [1.165, 1.54) is 0 Å². The van der Waals surface area contributed by atoms with Gasteiger partial charge in [-0.15, -0.1) is 0 Å². The van der Waals surface area contributed by atoms with Crippen molar-refractivity contribution in [2.75, 3.05) is 33.0 Å². The van der Waals surface area contributed by atoms with E-state index in [0.29, 0.717) is 51.4 Å². The topological polar surface area (TPSA) is 385 Å². The molecule has 77 heavy (non-hydrogen) atoms. The molecule has 442 valence electrons. The number of hydrogen-bond acceptors (Lipinski definition) is 23. The van der Waals surface area contributed by atoms with E-state index in [-0.39, 0.29) is 42.6 Å². The monoisotopic (exact) mass is 1100 g/mol. The molecule has 3 aliphatic heterocycles. The van der Waals surface area contributed by atoms with Crippen LogP contribution in [0.15, 0.2) is 11.6 Å². The quantitative estimate of drug-likeness (QED) is 0.0534. The molecule has 6 aliphatic carbocycles. The molecule has 0 aromatic heterocycles. The van der Waals surface area contributed by atoms with Crippen molar-refractivity contribution < 1.29 is 115 Å². The Morgan fingerprint density at radius 1 is 0.636 bits per heavy atom. The SMILES string of the molecule is CC1(C)CCC2(C(=O)OC3OC(COC4CC(CO)C(O)C(O)C4O)C(O)C(O)C3OC3OCC(O)C(O)C3O)CCC3(C)C(=CCC4C5(C)CC(O)C(OC6OC(CO)C(O)C(O)C6O)C(C)(CO)C5CCC43C)C2C1. The van der Waals surface area contributed by atoms with Gasteiger partial charge in [0.15, 0.2) is 18.7 Å². The van der Waals surface area contributed by atoms with Gasteiger partial charge in [-0.2, -0.15) is 0 Å². The minimum Gasteiger partial charge on any atom is -0.432 e. The van der Waals surface area contributed by atoms with E-state index in [1.807, 2.05) is 6.92 Å². The van der Waals surface area contributed by atoms with Crippen molar-refractivity contribution in [3.05, 3.63) is 11.6 Å². The van der Waals surface area contributed by atoms with Crippen LogP contribution in [0.25, 0.3) is 0 Å². The molecular formula is C54H88O23. The van der Waals surface area contributed by atoms with E-state index < -0.39 is 188 Å². The van der Waals surface area contributed by atoms with Crippen LogP contribution in [-0.4, -0.2) is 238 Å². The first kappa shape index (κ1) is 60.0. The minimum atomic E-state index is -1.91. The molecule has 0 amide bonds. The molecule has 9 aliphatic rings. The van der Waals surface area contributed by atoms with Crippen LogP contribution in [0.2, 0.25) is 0 Å². The number of allylic oxidation sites excluding steroid dienone is 2. The zero-order chi connectivity index (χ0) is 56.3. The standard InChI is InChI=1S/C54H88O23/c1-49(2)11-13-54(48(70)77-47-43(75-45-41(68)34(61)27(59)20-72-45)40(67)37(64)30(74-47)21-71-28-15-23(18-55)33(60)38(65)35(28)62)14-12-52(5)24(25(54)16-49)7-8-32-50(3)17-26(58)44(51(4,22-57)31(50)9-10-53(32,52)6)76-46-42(69)39(66)36(63)29(19-56)73-46/h7,23,25-47,55-69H,8-22H2,1-6H3. The van der Waals surface area contributed by atoms with Gasteiger partial charge in [0.25, 0.3) is 0 Å². The number of hydrogen-bond donors (Lipinski definition) is 15. The number of carbonyl (C=O) groups is 1. The predicted molar refractivity (Wildman–Crippen MR) is 263 cm³/mol. The average molecular weight is 1110 g/mol. The predicted octanol–water partition coefficient (Wildman–Crippen LogP) is -2.79. The number of esters is 1. The van der Waals surface area contributed by atoms with Gasteiger partial charge in [-0.1, -0.05) is 53.2 Å². The highest BCUT2D eigenvalue weighted by atomic mass is 16.8. The second-order valence-electron chi connectivity index (χ2n) is 26.4. The van der Waals surface area contributed by atoms with Crippen LogP contribution < -0.4 is 0 Å². The van der Waals surface area contributed by atoms with E-state index in [1.54, 1.807) is 0 Å². The van der Waals surface area contributed by atoms with Crippen LogP contribution in [0.3, 0.4) is 0 Å². The van der Waals surface area contributed by atoms with E-state index in [0.717, 1.165) is 5.57 Å². The Balaban J connectivity index is 0.997. The lowest BCUT2D eigenvalue weighted by molar-refractivity contribution is -0.354. The lowest BCUT2D eigenvalue weighted by Gasteiger charge is -2.72. The highest BCUT2D eigenvalue weighted by molar-refractivity contribution is 5.79. The molecule has 5 saturated carbocycles. The average Bonchev–Trinajstić information content (AvgIpc) is 3.53. The van der Waals surface area contributed by atoms with Gasteiger partial charge in [-0.3, -0.25) is 4.79 Å². The Morgan fingerprint density at radius 3 is 1.96 bits per heavy atom. The Bertz CT molecular complexity index is 2110. The molecule has 15 N–H and O–H groups in total. The largest absolute Gasteiger partial charge is 0.432 e. The fourth-order valence-electron chi connectivity index (χ4n) is 16.7. The smallest absolute Gasteiger partial charge is 0.315 e. The lowest BCUT2D eigenvalue weighted by Crippen LogP contribution is -2.69. The highest BCUT2D eigenvalue weighted by Crippen LogP contribution is 2.76. The first-order chi connectivity index (χ1) is 36.1. The Kier molecular flexibility index (Phi) is 17.0. The Hall–Kier alpha value is -1.63. The molecule has 8 fully saturated rings. The second kappa shape index (κ2) is 21.8. The van der Waals surface area contributed by atoms with Crippen LogP contribution in [0.1, 0.15) is 106 Å². The highest BCUT2D eigenvalue weighted by Gasteiger charge is 2.72. The number of aliphatic hydroxyl groups excluding tert-OH is 15. The Labute approximate surface area is 448 Å². The summed E-state index contributed by atoms with van der Waals surface area (Å²) in [6.07, 6.45) is -24.4. The first-order valence-corrected chi connectivity index (χ1v) is 27.8. The van der Waals surface area contributed by atoms with Gasteiger partial charge in [0, 0.05) is 17.9 Å². The van der Waals surface area contributed by atoms with Crippen molar-refractivity contribution in [2.24, 2.45) is 56.2 Å². The summed E-state index contributed by atoms with van der Waals surface area (Å²) in [7, 11) is 0. The maximum atomic E-state index is 15.5. The molecule has 0 aromatic carbocycles. The summed E-state index contributed by atoms with van der Waals surface area (Å²) in [4.78, 5) is 15.5. The fraction of sp³-hybridized carbons (Fsp3) is 0.944. The molecule has 0 spiro atoms. The van der Waals surface area contributed by atoms with Crippen LogP contribution in [0.4, 0.5) is 0 Å². The molecule has 29 unspecified atom stereocenters. The van der Waals surface area contributed by atoms with E-state index >= 15 is 4.79 Å². The van der Waals surface area contributed by atoms with E-state index in [2.05, 4.69) is 40.7 Å². The lowest BCUT2D eigenvalue weighted by atomic mass is 9.33. The van der Waals surface area contributed by atoms with Crippen molar-refractivity contribution in [3.8, 4) is 0 Å². The molecule has 0 aromatic rings. The van der Waals surface area contributed by atoms with Crippen LogP contribution >= 0.6 is 0 Å². The second-order valence-corrected chi connectivity index (χ2v) is 26.4. The number of rotatable bonds is 12. The summed E-state index contributed by atoms with van der Waals surface area (Å²) < 4.78 is 42.3. The van der Waals surface area contributed by atoms with Crippen LogP contribution in [0, 0.1) is 56.2 Å². The molecule has 23 nitrogen and oxygen atoms in total. The Morgan fingerprint density at radius 2 is 1.29 bits per heavy atom. The van der Waals surface area contributed by atoms with Crippen molar-refractivity contribution >= 4 is 5.97 Å². The van der Waals surface area contributed by atoms with Crippen molar-refractivity contribution in [3.63, 3.8) is 0 Å². The third-order valence-corrected chi connectivity index (χ3v) is 21.6. The summed E-state index contributed by atoms with van der Waals surface area (Å²) in [6.45, 7) is 10.3. The van der Waals surface area contributed by atoms with Crippen molar-refractivity contribution in [1.29, 1.82) is 0 Å². The number of ether oxygens (including phenoxy) is 7. The van der Waals surface area contributed by atoms with Gasteiger partial charge in [-0.05, 0) is 104 Å². The fourth-order valence-corrected chi connectivity index (χ4v) is 16.7. The number of carbonyl (C=O) groups excluding carboxylic acids is 1. The van der Waals surface area contributed by atoms with Gasteiger partial charge in [0.05, 0.1) is 56.3 Å². The van der Waals surface area contributed by atoms with Crippen LogP contribution in [0.5, 0.6) is 0 Å². The number of aliphatic hydroxyl groups is 15. The third-order valence-electron chi connectivity index (χ3n) is 21.6. The number of fused-ring (bicyclic) bond motifs is 7. The van der Waals surface area contributed by atoms with Gasteiger partial charge in [-0.25, -0.2) is 0 Å². The van der Waals surface area contributed by atoms with E-state index in [9.17, 15) is 76.6 Å². The molecule has 9 rings (SSSR count). The van der Waals surface area contributed by atoms with E-state index in [4.69, 9.17) is 33.2 Å². The maximum Gasteiger partial charge on any atom is 0.315 e. The molecule has 29 atom stereocenters.